The lowest BCUT2D eigenvalue weighted by atomic mass is 9.78. The van der Waals surface area contributed by atoms with Gasteiger partial charge in [-0.25, -0.2) is 9.59 Å². The third-order valence-corrected chi connectivity index (χ3v) is 8.39. The molecular formula is C40H36N2O8. The van der Waals surface area contributed by atoms with E-state index < -0.39 is 29.2 Å². The summed E-state index contributed by atoms with van der Waals surface area (Å²) in [6, 6.07) is 30.6. The van der Waals surface area contributed by atoms with E-state index in [1.54, 1.807) is 36.4 Å². The van der Waals surface area contributed by atoms with Gasteiger partial charge in [-0.05, 0) is 95.4 Å². The van der Waals surface area contributed by atoms with Crippen LogP contribution in [-0.2, 0) is 5.41 Å². The van der Waals surface area contributed by atoms with Crippen molar-refractivity contribution < 1.29 is 38.9 Å². The number of carboxylic acid groups (broad SMARTS) is 2. The molecule has 5 N–H and O–H groups in total. The summed E-state index contributed by atoms with van der Waals surface area (Å²) in [5, 5.41) is 22.1. The van der Waals surface area contributed by atoms with Gasteiger partial charge in [0.1, 0.15) is 23.0 Å². The molecule has 0 saturated carbocycles. The van der Waals surface area contributed by atoms with Gasteiger partial charge >= 0.3 is 11.9 Å². The summed E-state index contributed by atoms with van der Waals surface area (Å²) >= 11 is 0. The SMILES string of the molecule is CC(C)c1cccc(NC(=O)c2ccc(Oc3ccc(C(C)(C)c4ccc(Oc5ccc(C(N)=O)c(C(=O)O)c5)cc4)cc3)cc2C(=O)O)c1. The van der Waals surface area contributed by atoms with E-state index in [1.165, 1.54) is 30.3 Å². The van der Waals surface area contributed by atoms with Crippen LogP contribution in [0.15, 0.2) is 109 Å². The monoisotopic (exact) mass is 672 g/mol. The molecular weight excluding hydrogens is 636 g/mol. The second-order valence-corrected chi connectivity index (χ2v) is 12.5. The maximum Gasteiger partial charge on any atom is 0.336 e. The number of nitrogens with one attached hydrogen (secondary N) is 1. The van der Waals surface area contributed by atoms with Crippen LogP contribution in [0.25, 0.3) is 0 Å². The van der Waals surface area contributed by atoms with Gasteiger partial charge in [0.25, 0.3) is 5.91 Å². The van der Waals surface area contributed by atoms with Gasteiger partial charge in [0.2, 0.25) is 5.91 Å². The van der Waals surface area contributed by atoms with Crippen molar-refractivity contribution in [1.29, 1.82) is 0 Å². The average molecular weight is 673 g/mol. The number of hydrogen-bond acceptors (Lipinski definition) is 6. The lowest BCUT2D eigenvalue weighted by Crippen LogP contribution is -2.18. The number of hydrogen-bond donors (Lipinski definition) is 4. The summed E-state index contributed by atoms with van der Waals surface area (Å²) in [6.45, 7) is 8.21. The van der Waals surface area contributed by atoms with E-state index in [-0.39, 0.29) is 39.7 Å². The van der Waals surface area contributed by atoms with Crippen molar-refractivity contribution in [3.8, 4) is 23.0 Å². The number of carboxylic acids is 2. The molecule has 0 aromatic heterocycles. The molecule has 2 amide bonds. The quantitative estimate of drug-likeness (QED) is 0.102. The van der Waals surface area contributed by atoms with Crippen LogP contribution in [0.2, 0.25) is 0 Å². The van der Waals surface area contributed by atoms with Gasteiger partial charge in [-0.15, -0.1) is 0 Å². The molecule has 254 valence electrons. The predicted molar refractivity (Wildman–Crippen MR) is 189 cm³/mol. The maximum atomic E-state index is 13.0. The minimum Gasteiger partial charge on any atom is -0.478 e. The molecule has 0 bridgehead atoms. The maximum absolute atomic E-state index is 13.0. The number of benzene rings is 5. The molecule has 0 unspecified atom stereocenters. The molecule has 0 aliphatic carbocycles. The Morgan fingerprint density at radius 1 is 0.620 bits per heavy atom. The van der Waals surface area contributed by atoms with Crippen molar-refractivity contribution in [3.05, 3.63) is 148 Å². The number of nitrogens with two attached hydrogens (primary N) is 1. The molecule has 0 spiro atoms. The van der Waals surface area contributed by atoms with Crippen molar-refractivity contribution in [2.24, 2.45) is 5.73 Å². The molecule has 0 aliphatic heterocycles. The van der Waals surface area contributed by atoms with Crippen LogP contribution in [0, 0.1) is 0 Å². The molecule has 5 rings (SSSR count). The van der Waals surface area contributed by atoms with E-state index >= 15 is 0 Å². The standard InChI is InChI=1S/C40H36N2O8/c1-23(2)24-6-5-7-27(20-24)42-37(44)33-19-17-31(22-35(33)39(47)48)50-29-14-10-26(11-15-29)40(3,4)25-8-12-28(13-9-25)49-30-16-18-32(36(41)43)34(21-30)38(45)46/h5-23H,1-4H3,(H2,41,43)(H,42,44)(H,45,46)(H,47,48). The fraction of sp³-hybridized carbons (Fsp3) is 0.150. The van der Waals surface area contributed by atoms with Gasteiger partial charge in [0, 0.05) is 11.1 Å². The summed E-state index contributed by atoms with van der Waals surface area (Å²) in [4.78, 5) is 48.3. The van der Waals surface area contributed by atoms with Crippen LogP contribution in [-0.4, -0.2) is 34.0 Å². The summed E-state index contributed by atoms with van der Waals surface area (Å²) < 4.78 is 11.8. The lowest BCUT2D eigenvalue weighted by molar-refractivity contribution is 0.0683. The Labute approximate surface area is 289 Å². The molecule has 0 atom stereocenters. The Hall–Kier alpha value is -6.42. The van der Waals surface area contributed by atoms with Crippen molar-refractivity contribution >= 4 is 29.4 Å². The number of carbonyl (C=O) groups excluding carboxylic acids is 2. The first-order valence-electron chi connectivity index (χ1n) is 15.8. The van der Waals surface area contributed by atoms with Crippen LogP contribution in [0.5, 0.6) is 23.0 Å². The van der Waals surface area contributed by atoms with Gasteiger partial charge in [0.15, 0.2) is 0 Å². The second kappa shape index (κ2) is 14.4. The summed E-state index contributed by atoms with van der Waals surface area (Å²) in [7, 11) is 0. The Kier molecular flexibility index (Phi) is 10.0. The number of amides is 2. The van der Waals surface area contributed by atoms with E-state index in [4.69, 9.17) is 15.2 Å². The van der Waals surface area contributed by atoms with Gasteiger partial charge in [-0.3, -0.25) is 9.59 Å². The highest BCUT2D eigenvalue weighted by molar-refractivity contribution is 6.11. The summed E-state index contributed by atoms with van der Waals surface area (Å²) in [5.74, 6) is -2.18. The summed E-state index contributed by atoms with van der Waals surface area (Å²) in [6.07, 6.45) is 0. The molecule has 0 aliphatic rings. The van der Waals surface area contributed by atoms with Crippen molar-refractivity contribution in [1.82, 2.24) is 0 Å². The summed E-state index contributed by atoms with van der Waals surface area (Å²) in [5.41, 5.74) is 7.91. The molecule has 0 fully saturated rings. The van der Waals surface area contributed by atoms with Crippen molar-refractivity contribution in [2.45, 2.75) is 39.0 Å². The molecule has 5 aromatic carbocycles. The van der Waals surface area contributed by atoms with Crippen LogP contribution < -0.4 is 20.5 Å². The first kappa shape index (κ1) is 34.9. The number of aromatic carboxylic acids is 2. The first-order valence-corrected chi connectivity index (χ1v) is 15.8. The van der Waals surface area contributed by atoms with Crippen LogP contribution in [0.1, 0.15) is 91.7 Å². The molecule has 0 heterocycles. The zero-order chi connectivity index (χ0) is 36.2. The first-order chi connectivity index (χ1) is 23.7. The van der Waals surface area contributed by atoms with E-state index in [9.17, 15) is 29.4 Å². The number of carbonyl (C=O) groups is 4. The predicted octanol–water partition coefficient (Wildman–Crippen LogP) is 8.47. The Morgan fingerprint density at radius 2 is 1.08 bits per heavy atom. The highest BCUT2D eigenvalue weighted by atomic mass is 16.5. The number of anilines is 1. The third kappa shape index (κ3) is 7.82. The van der Waals surface area contributed by atoms with Crippen LogP contribution in [0.3, 0.4) is 0 Å². The third-order valence-electron chi connectivity index (χ3n) is 8.39. The largest absolute Gasteiger partial charge is 0.478 e. The number of primary amides is 1. The highest BCUT2D eigenvalue weighted by Gasteiger charge is 2.24. The lowest BCUT2D eigenvalue weighted by Gasteiger charge is -2.26. The zero-order valence-corrected chi connectivity index (χ0v) is 27.9. The highest BCUT2D eigenvalue weighted by Crippen LogP contribution is 2.35. The fourth-order valence-corrected chi connectivity index (χ4v) is 5.43. The van der Waals surface area contributed by atoms with Gasteiger partial charge in [-0.1, -0.05) is 64.1 Å². The van der Waals surface area contributed by atoms with Crippen molar-refractivity contribution in [2.75, 3.05) is 5.32 Å². The minimum absolute atomic E-state index is 0.0133. The zero-order valence-electron chi connectivity index (χ0n) is 27.9. The smallest absolute Gasteiger partial charge is 0.336 e. The molecule has 0 saturated heterocycles. The number of rotatable bonds is 12. The van der Waals surface area contributed by atoms with Gasteiger partial charge in [0.05, 0.1) is 22.3 Å². The Bertz CT molecular complexity index is 2080. The van der Waals surface area contributed by atoms with Gasteiger partial charge < -0.3 is 30.7 Å². The van der Waals surface area contributed by atoms with E-state index in [0.717, 1.165) is 16.7 Å². The fourth-order valence-electron chi connectivity index (χ4n) is 5.43. The average Bonchev–Trinajstić information content (AvgIpc) is 3.08. The normalized spacial score (nSPS) is 11.1. The van der Waals surface area contributed by atoms with Crippen molar-refractivity contribution in [3.63, 3.8) is 0 Å². The number of ether oxygens (including phenoxy) is 2. The van der Waals surface area contributed by atoms with Gasteiger partial charge in [-0.2, -0.15) is 0 Å². The van der Waals surface area contributed by atoms with Crippen LogP contribution >= 0.6 is 0 Å². The molecule has 10 heteroatoms. The van der Waals surface area contributed by atoms with E-state index in [2.05, 4.69) is 19.2 Å². The topological polar surface area (TPSA) is 165 Å². The minimum atomic E-state index is -1.29. The van der Waals surface area contributed by atoms with E-state index in [1.807, 2.05) is 56.3 Å². The molecule has 50 heavy (non-hydrogen) atoms. The van der Waals surface area contributed by atoms with E-state index in [0.29, 0.717) is 17.2 Å². The Morgan fingerprint density at radius 3 is 1.54 bits per heavy atom. The molecule has 0 radical (unpaired) electrons. The Balaban J connectivity index is 1.27. The molecule has 5 aromatic rings. The second-order valence-electron chi connectivity index (χ2n) is 12.5. The molecule has 10 nitrogen and oxygen atoms in total. The van der Waals surface area contributed by atoms with Crippen LogP contribution in [0.4, 0.5) is 5.69 Å².